The zero-order valence-electron chi connectivity index (χ0n) is 11.0. The predicted molar refractivity (Wildman–Crippen MR) is 69.4 cm³/mol. The molecule has 3 unspecified atom stereocenters. The van der Waals surface area contributed by atoms with Crippen molar-refractivity contribution in [3.05, 3.63) is 35.1 Å². The molecule has 1 aromatic carbocycles. The van der Waals surface area contributed by atoms with Crippen molar-refractivity contribution in [2.75, 3.05) is 6.54 Å². The molecule has 2 rings (SSSR count). The van der Waals surface area contributed by atoms with E-state index in [0.29, 0.717) is 6.04 Å². The molecule has 17 heavy (non-hydrogen) atoms. The standard InChI is InChI=1S/C15H22FN/c1-4-7-17-15(14-9-11(14)3)13-6-5-12(16)8-10(13)2/h5-6,8,11,14-15,17H,4,7,9H2,1-3H3. The van der Waals surface area contributed by atoms with Crippen molar-refractivity contribution in [3.8, 4) is 0 Å². The van der Waals surface area contributed by atoms with Gasteiger partial charge in [-0.05, 0) is 61.4 Å². The zero-order valence-corrected chi connectivity index (χ0v) is 11.0. The molecule has 0 amide bonds. The second-order valence-electron chi connectivity index (χ2n) is 5.31. The summed E-state index contributed by atoms with van der Waals surface area (Å²) in [5.41, 5.74) is 2.34. The lowest BCUT2D eigenvalue weighted by Gasteiger charge is -2.21. The van der Waals surface area contributed by atoms with Crippen LogP contribution in [0.2, 0.25) is 0 Å². The van der Waals surface area contributed by atoms with E-state index in [1.807, 2.05) is 13.0 Å². The SMILES string of the molecule is CCCNC(c1ccc(F)cc1C)C1CC1C. The first-order valence-corrected chi connectivity index (χ1v) is 6.63. The Hall–Kier alpha value is -0.890. The van der Waals surface area contributed by atoms with E-state index in [4.69, 9.17) is 0 Å². The van der Waals surface area contributed by atoms with Gasteiger partial charge in [-0.1, -0.05) is 19.9 Å². The summed E-state index contributed by atoms with van der Waals surface area (Å²) < 4.78 is 13.1. The van der Waals surface area contributed by atoms with Crippen LogP contribution in [0.15, 0.2) is 18.2 Å². The van der Waals surface area contributed by atoms with Gasteiger partial charge in [0.05, 0.1) is 0 Å². The minimum absolute atomic E-state index is 0.135. The van der Waals surface area contributed by atoms with Gasteiger partial charge in [0.25, 0.3) is 0 Å². The molecule has 0 spiro atoms. The summed E-state index contributed by atoms with van der Waals surface area (Å²) in [6, 6.07) is 5.58. The summed E-state index contributed by atoms with van der Waals surface area (Å²) in [5.74, 6) is 1.39. The zero-order chi connectivity index (χ0) is 12.4. The molecule has 1 fully saturated rings. The number of benzene rings is 1. The van der Waals surface area contributed by atoms with Gasteiger partial charge in [0.1, 0.15) is 5.82 Å². The highest BCUT2D eigenvalue weighted by molar-refractivity contribution is 5.31. The number of hydrogen-bond acceptors (Lipinski definition) is 1. The van der Waals surface area contributed by atoms with Gasteiger partial charge in [-0.15, -0.1) is 0 Å². The van der Waals surface area contributed by atoms with Gasteiger partial charge in [0.2, 0.25) is 0 Å². The Morgan fingerprint density at radius 3 is 2.71 bits per heavy atom. The van der Waals surface area contributed by atoms with Crippen LogP contribution in [0, 0.1) is 24.6 Å². The Bertz CT molecular complexity index is 389. The second-order valence-corrected chi connectivity index (χ2v) is 5.31. The molecule has 0 aliphatic heterocycles. The molecule has 0 bridgehead atoms. The van der Waals surface area contributed by atoms with E-state index in [-0.39, 0.29) is 5.82 Å². The summed E-state index contributed by atoms with van der Waals surface area (Å²) in [7, 11) is 0. The van der Waals surface area contributed by atoms with Crippen molar-refractivity contribution < 1.29 is 4.39 Å². The van der Waals surface area contributed by atoms with Crippen LogP contribution in [-0.4, -0.2) is 6.54 Å². The average Bonchev–Trinajstić information content (AvgIpc) is 2.99. The molecule has 0 heterocycles. The fourth-order valence-electron chi connectivity index (χ4n) is 2.60. The highest BCUT2D eigenvalue weighted by Gasteiger charge is 2.40. The Balaban J connectivity index is 2.19. The van der Waals surface area contributed by atoms with Crippen LogP contribution in [0.4, 0.5) is 4.39 Å². The number of halogens is 1. The third-order valence-corrected chi connectivity index (χ3v) is 3.78. The highest BCUT2D eigenvalue weighted by atomic mass is 19.1. The molecule has 1 saturated carbocycles. The van der Waals surface area contributed by atoms with E-state index in [1.54, 1.807) is 12.1 Å². The maximum atomic E-state index is 13.1. The Labute approximate surface area is 103 Å². The second kappa shape index (κ2) is 5.18. The lowest BCUT2D eigenvalue weighted by atomic mass is 9.96. The normalized spacial score (nSPS) is 24.7. The summed E-state index contributed by atoms with van der Waals surface area (Å²) in [6.07, 6.45) is 2.43. The minimum Gasteiger partial charge on any atom is -0.310 e. The topological polar surface area (TPSA) is 12.0 Å². The van der Waals surface area contributed by atoms with Crippen LogP contribution in [0.5, 0.6) is 0 Å². The quantitative estimate of drug-likeness (QED) is 0.818. The molecule has 1 nitrogen and oxygen atoms in total. The first kappa shape index (κ1) is 12.6. The third kappa shape index (κ3) is 2.86. The molecule has 2 heteroatoms. The van der Waals surface area contributed by atoms with Crippen LogP contribution < -0.4 is 5.32 Å². The summed E-state index contributed by atoms with van der Waals surface area (Å²) in [4.78, 5) is 0. The number of nitrogens with one attached hydrogen (secondary N) is 1. The molecule has 1 aromatic rings. The van der Waals surface area contributed by atoms with Gasteiger partial charge in [0.15, 0.2) is 0 Å². The predicted octanol–water partition coefficient (Wildman–Crippen LogP) is 3.83. The van der Waals surface area contributed by atoms with Crippen molar-refractivity contribution >= 4 is 0 Å². The monoisotopic (exact) mass is 235 g/mol. The van der Waals surface area contributed by atoms with Crippen LogP contribution in [0.25, 0.3) is 0 Å². The number of hydrogen-bond donors (Lipinski definition) is 1. The summed E-state index contributed by atoms with van der Waals surface area (Å²) >= 11 is 0. The molecule has 1 N–H and O–H groups in total. The van der Waals surface area contributed by atoms with E-state index in [9.17, 15) is 4.39 Å². The summed E-state index contributed by atoms with van der Waals surface area (Å²) in [5, 5.41) is 3.62. The van der Waals surface area contributed by atoms with E-state index >= 15 is 0 Å². The number of aryl methyl sites for hydroxylation is 1. The van der Waals surface area contributed by atoms with Crippen molar-refractivity contribution in [1.82, 2.24) is 5.32 Å². The smallest absolute Gasteiger partial charge is 0.123 e. The van der Waals surface area contributed by atoms with Gasteiger partial charge in [0, 0.05) is 6.04 Å². The molecule has 94 valence electrons. The summed E-state index contributed by atoms with van der Waals surface area (Å²) in [6.45, 7) is 7.51. The minimum atomic E-state index is -0.135. The van der Waals surface area contributed by atoms with E-state index in [0.717, 1.165) is 30.4 Å². The van der Waals surface area contributed by atoms with Crippen LogP contribution in [0.1, 0.15) is 43.9 Å². The Morgan fingerprint density at radius 2 is 2.18 bits per heavy atom. The lowest BCUT2D eigenvalue weighted by Crippen LogP contribution is -2.25. The largest absolute Gasteiger partial charge is 0.310 e. The van der Waals surface area contributed by atoms with Gasteiger partial charge < -0.3 is 5.32 Å². The van der Waals surface area contributed by atoms with Gasteiger partial charge in [-0.25, -0.2) is 4.39 Å². The van der Waals surface area contributed by atoms with E-state index in [2.05, 4.69) is 19.2 Å². The maximum absolute atomic E-state index is 13.1. The highest BCUT2D eigenvalue weighted by Crippen LogP contribution is 2.47. The third-order valence-electron chi connectivity index (χ3n) is 3.78. The van der Waals surface area contributed by atoms with Gasteiger partial charge >= 0.3 is 0 Å². The van der Waals surface area contributed by atoms with E-state index < -0.39 is 0 Å². The maximum Gasteiger partial charge on any atom is 0.123 e. The molecular formula is C15H22FN. The molecule has 3 atom stereocenters. The molecule has 0 aromatic heterocycles. The molecule has 0 radical (unpaired) electrons. The van der Waals surface area contributed by atoms with Crippen LogP contribution in [0.3, 0.4) is 0 Å². The lowest BCUT2D eigenvalue weighted by molar-refractivity contribution is 0.460. The first-order chi connectivity index (χ1) is 8.13. The molecule has 1 aliphatic rings. The number of rotatable bonds is 5. The first-order valence-electron chi connectivity index (χ1n) is 6.63. The molecule has 1 aliphatic carbocycles. The van der Waals surface area contributed by atoms with Crippen molar-refractivity contribution in [2.24, 2.45) is 11.8 Å². The molecule has 0 saturated heterocycles. The van der Waals surface area contributed by atoms with Crippen molar-refractivity contribution in [3.63, 3.8) is 0 Å². The van der Waals surface area contributed by atoms with Gasteiger partial charge in [-0.2, -0.15) is 0 Å². The molecular weight excluding hydrogens is 213 g/mol. The van der Waals surface area contributed by atoms with Crippen molar-refractivity contribution in [2.45, 2.75) is 39.7 Å². The Morgan fingerprint density at radius 1 is 1.47 bits per heavy atom. The average molecular weight is 235 g/mol. The van der Waals surface area contributed by atoms with Crippen LogP contribution in [-0.2, 0) is 0 Å². The fourth-order valence-corrected chi connectivity index (χ4v) is 2.60. The Kier molecular flexibility index (Phi) is 3.82. The van der Waals surface area contributed by atoms with Gasteiger partial charge in [-0.3, -0.25) is 0 Å². The fraction of sp³-hybridized carbons (Fsp3) is 0.600. The van der Waals surface area contributed by atoms with Crippen molar-refractivity contribution in [1.29, 1.82) is 0 Å². The van der Waals surface area contributed by atoms with E-state index in [1.165, 1.54) is 12.0 Å². The van der Waals surface area contributed by atoms with Crippen LogP contribution >= 0.6 is 0 Å².